The Balaban J connectivity index is 1.42. The summed E-state index contributed by atoms with van der Waals surface area (Å²) < 4.78 is 26.9. The highest BCUT2D eigenvalue weighted by molar-refractivity contribution is 7.92. The number of rotatable bonds is 8. The summed E-state index contributed by atoms with van der Waals surface area (Å²) in [5.41, 5.74) is 2.19. The molecule has 3 rings (SSSR count). The number of sulfonamides is 1. The largest absolute Gasteiger partial charge is 0.338 e. The van der Waals surface area contributed by atoms with Gasteiger partial charge in [0.2, 0.25) is 10.0 Å². The number of urea groups is 1. The SMILES string of the molecule is CS(=O)(=O)Nc1cccc(NC(=O)NCCCn2nccc2C2CC2)c1. The van der Waals surface area contributed by atoms with Crippen molar-refractivity contribution in [3.63, 3.8) is 0 Å². The van der Waals surface area contributed by atoms with E-state index in [2.05, 4.69) is 26.5 Å². The van der Waals surface area contributed by atoms with Gasteiger partial charge in [-0.2, -0.15) is 5.10 Å². The standard InChI is InChI=1S/C17H23N5O3S/c1-26(24,25)21-15-5-2-4-14(12-15)20-17(23)18-9-3-11-22-16(8-10-19-22)13-6-7-13/h2,4-5,8,10,12-13,21H,3,6-7,9,11H2,1H3,(H2,18,20,23). The maximum Gasteiger partial charge on any atom is 0.319 e. The number of benzene rings is 1. The van der Waals surface area contributed by atoms with E-state index in [1.807, 2.05) is 10.9 Å². The van der Waals surface area contributed by atoms with Crippen LogP contribution in [0.2, 0.25) is 0 Å². The monoisotopic (exact) mass is 377 g/mol. The first kappa shape index (κ1) is 18.2. The molecule has 1 aliphatic rings. The van der Waals surface area contributed by atoms with Crippen molar-refractivity contribution in [3.8, 4) is 0 Å². The molecule has 2 amide bonds. The summed E-state index contributed by atoms with van der Waals surface area (Å²) >= 11 is 0. The predicted octanol–water partition coefficient (Wildman–Crippen LogP) is 2.34. The molecule has 0 bridgehead atoms. The highest BCUT2D eigenvalue weighted by Crippen LogP contribution is 2.39. The lowest BCUT2D eigenvalue weighted by Gasteiger charge is -2.10. The normalized spacial score (nSPS) is 14.0. The van der Waals surface area contributed by atoms with E-state index in [1.165, 1.54) is 18.5 Å². The van der Waals surface area contributed by atoms with Gasteiger partial charge in [0.25, 0.3) is 0 Å². The van der Waals surface area contributed by atoms with E-state index in [1.54, 1.807) is 24.3 Å². The van der Waals surface area contributed by atoms with Crippen molar-refractivity contribution in [2.45, 2.75) is 31.7 Å². The summed E-state index contributed by atoms with van der Waals surface area (Å²) in [6.07, 6.45) is 6.16. The zero-order valence-electron chi connectivity index (χ0n) is 14.6. The van der Waals surface area contributed by atoms with Gasteiger partial charge in [0.1, 0.15) is 0 Å². The Morgan fingerprint density at radius 1 is 1.27 bits per heavy atom. The third kappa shape index (κ3) is 5.48. The summed E-state index contributed by atoms with van der Waals surface area (Å²) in [6, 6.07) is 8.27. The molecule has 1 saturated carbocycles. The molecule has 1 heterocycles. The maximum absolute atomic E-state index is 12.0. The number of nitrogens with one attached hydrogen (secondary N) is 3. The minimum absolute atomic E-state index is 0.329. The number of aromatic nitrogens is 2. The van der Waals surface area contributed by atoms with Crippen molar-refractivity contribution in [2.24, 2.45) is 0 Å². The van der Waals surface area contributed by atoms with Crippen molar-refractivity contribution < 1.29 is 13.2 Å². The third-order valence-corrected chi connectivity index (χ3v) is 4.61. The van der Waals surface area contributed by atoms with Crippen molar-refractivity contribution in [1.82, 2.24) is 15.1 Å². The summed E-state index contributed by atoms with van der Waals surface area (Å²) in [7, 11) is -3.35. The predicted molar refractivity (Wildman–Crippen MR) is 101 cm³/mol. The lowest BCUT2D eigenvalue weighted by molar-refractivity contribution is 0.251. The fraction of sp³-hybridized carbons (Fsp3) is 0.412. The van der Waals surface area contributed by atoms with Crippen LogP contribution in [0.1, 0.15) is 30.9 Å². The van der Waals surface area contributed by atoms with Crippen molar-refractivity contribution in [1.29, 1.82) is 0 Å². The Hall–Kier alpha value is -2.55. The molecule has 2 aromatic rings. The zero-order valence-corrected chi connectivity index (χ0v) is 15.4. The van der Waals surface area contributed by atoms with Crippen LogP contribution in [0, 0.1) is 0 Å². The molecule has 0 aliphatic heterocycles. The van der Waals surface area contributed by atoms with Gasteiger partial charge in [-0.15, -0.1) is 0 Å². The van der Waals surface area contributed by atoms with Gasteiger partial charge in [-0.3, -0.25) is 9.40 Å². The van der Waals surface area contributed by atoms with Crippen LogP contribution in [0.25, 0.3) is 0 Å². The van der Waals surface area contributed by atoms with Gasteiger partial charge in [-0.25, -0.2) is 13.2 Å². The number of anilines is 2. The first-order valence-corrected chi connectivity index (χ1v) is 10.4. The summed E-state index contributed by atoms with van der Waals surface area (Å²) in [4.78, 5) is 12.0. The first-order chi connectivity index (χ1) is 12.4. The van der Waals surface area contributed by atoms with E-state index in [9.17, 15) is 13.2 Å². The molecule has 0 spiro atoms. The lowest BCUT2D eigenvalue weighted by Crippen LogP contribution is -2.30. The van der Waals surface area contributed by atoms with E-state index < -0.39 is 10.0 Å². The zero-order chi connectivity index (χ0) is 18.6. The average Bonchev–Trinajstić information content (AvgIpc) is 3.29. The molecule has 0 saturated heterocycles. The molecule has 26 heavy (non-hydrogen) atoms. The van der Waals surface area contributed by atoms with Crippen molar-refractivity contribution >= 4 is 27.4 Å². The second-order valence-electron chi connectivity index (χ2n) is 6.44. The van der Waals surface area contributed by atoms with E-state index in [0.29, 0.717) is 23.8 Å². The molecule has 1 aliphatic carbocycles. The van der Waals surface area contributed by atoms with Gasteiger partial charge in [-0.05, 0) is 43.5 Å². The van der Waals surface area contributed by atoms with E-state index in [4.69, 9.17) is 0 Å². The molecular weight excluding hydrogens is 354 g/mol. The van der Waals surface area contributed by atoms with Gasteiger partial charge in [0.15, 0.2) is 0 Å². The molecule has 8 nitrogen and oxygen atoms in total. The number of aryl methyl sites for hydroxylation is 1. The molecule has 140 valence electrons. The Kier molecular flexibility index (Phi) is 5.46. The van der Waals surface area contributed by atoms with Crippen LogP contribution < -0.4 is 15.4 Å². The van der Waals surface area contributed by atoms with Crippen LogP contribution in [0.15, 0.2) is 36.5 Å². The number of hydrogen-bond donors (Lipinski definition) is 3. The topological polar surface area (TPSA) is 105 Å². The summed E-state index contributed by atoms with van der Waals surface area (Å²) in [6.45, 7) is 1.30. The van der Waals surface area contributed by atoms with Gasteiger partial charge in [0, 0.05) is 36.6 Å². The van der Waals surface area contributed by atoms with Crippen LogP contribution in [0.4, 0.5) is 16.2 Å². The average molecular weight is 377 g/mol. The van der Waals surface area contributed by atoms with Crippen molar-refractivity contribution in [3.05, 3.63) is 42.2 Å². The number of hydrogen-bond acceptors (Lipinski definition) is 4. The Morgan fingerprint density at radius 2 is 2.04 bits per heavy atom. The number of nitrogens with zero attached hydrogens (tertiary/aromatic N) is 2. The molecular formula is C17H23N5O3S. The van der Waals surface area contributed by atoms with Crippen LogP contribution in [0.3, 0.4) is 0 Å². The Labute approximate surface area is 153 Å². The molecule has 1 fully saturated rings. The third-order valence-electron chi connectivity index (χ3n) is 4.00. The number of carbonyl (C=O) groups is 1. The van der Waals surface area contributed by atoms with Crippen LogP contribution in [-0.2, 0) is 16.6 Å². The second-order valence-corrected chi connectivity index (χ2v) is 8.19. The quantitative estimate of drug-likeness (QED) is 0.614. The highest BCUT2D eigenvalue weighted by atomic mass is 32.2. The molecule has 3 N–H and O–H groups in total. The van der Waals surface area contributed by atoms with E-state index in [0.717, 1.165) is 19.2 Å². The highest BCUT2D eigenvalue weighted by Gasteiger charge is 2.26. The molecule has 0 radical (unpaired) electrons. The molecule has 9 heteroatoms. The summed E-state index contributed by atoms with van der Waals surface area (Å²) in [5.74, 6) is 0.654. The molecule has 0 unspecified atom stereocenters. The fourth-order valence-electron chi connectivity index (χ4n) is 2.74. The smallest absolute Gasteiger partial charge is 0.319 e. The first-order valence-electron chi connectivity index (χ1n) is 8.55. The minimum atomic E-state index is -3.35. The van der Waals surface area contributed by atoms with Crippen molar-refractivity contribution in [2.75, 3.05) is 22.8 Å². The van der Waals surface area contributed by atoms with Gasteiger partial charge in [-0.1, -0.05) is 6.07 Å². The Bertz CT molecular complexity index is 874. The maximum atomic E-state index is 12.0. The van der Waals surface area contributed by atoms with Crippen LogP contribution >= 0.6 is 0 Å². The molecule has 0 atom stereocenters. The van der Waals surface area contributed by atoms with Gasteiger partial charge >= 0.3 is 6.03 Å². The van der Waals surface area contributed by atoms with Gasteiger partial charge < -0.3 is 10.6 Å². The molecule has 1 aromatic carbocycles. The number of amides is 2. The van der Waals surface area contributed by atoms with E-state index >= 15 is 0 Å². The Morgan fingerprint density at radius 3 is 2.77 bits per heavy atom. The minimum Gasteiger partial charge on any atom is -0.338 e. The van der Waals surface area contributed by atoms with Crippen LogP contribution in [0.5, 0.6) is 0 Å². The summed E-state index contributed by atoms with van der Waals surface area (Å²) in [5, 5.41) is 9.82. The fourth-order valence-corrected chi connectivity index (χ4v) is 3.29. The molecule has 1 aromatic heterocycles. The van der Waals surface area contributed by atoms with E-state index in [-0.39, 0.29) is 6.03 Å². The van der Waals surface area contributed by atoms with Crippen LogP contribution in [-0.4, -0.2) is 37.0 Å². The van der Waals surface area contributed by atoms with Gasteiger partial charge in [0.05, 0.1) is 11.9 Å². The second kappa shape index (κ2) is 7.77. The lowest BCUT2D eigenvalue weighted by atomic mass is 10.3. The number of carbonyl (C=O) groups excluding carboxylic acids is 1.